The number of carbonyl (C=O) groups is 1. The minimum atomic E-state index is -1.23. The molecule has 3 rings (SSSR count). The van der Waals surface area contributed by atoms with Gasteiger partial charge in [0.1, 0.15) is 5.75 Å². The Labute approximate surface area is 146 Å². The molecule has 0 bridgehead atoms. The Balaban J connectivity index is 1.58. The second-order valence-corrected chi connectivity index (χ2v) is 6.66. The molecule has 3 N–H and O–H groups in total. The molecule has 0 aliphatic heterocycles. The molecule has 1 aliphatic carbocycles. The number of aliphatic hydroxyl groups is 1. The topological polar surface area (TPSA) is 69.6 Å². The summed E-state index contributed by atoms with van der Waals surface area (Å²) in [5, 5.41) is 23.4. The van der Waals surface area contributed by atoms with Gasteiger partial charge in [0.25, 0.3) is 5.91 Å². The summed E-state index contributed by atoms with van der Waals surface area (Å²) in [5.74, 6) is 0.143. The second-order valence-electron chi connectivity index (χ2n) is 6.23. The van der Waals surface area contributed by atoms with E-state index in [9.17, 15) is 15.0 Å². The van der Waals surface area contributed by atoms with Crippen molar-refractivity contribution in [3.05, 3.63) is 64.2 Å². The van der Waals surface area contributed by atoms with E-state index < -0.39 is 12.0 Å². The third kappa shape index (κ3) is 3.71. The molecule has 2 atom stereocenters. The van der Waals surface area contributed by atoms with Gasteiger partial charge in [0.2, 0.25) is 0 Å². The molecule has 126 valence electrons. The van der Waals surface area contributed by atoms with Crippen molar-refractivity contribution in [3.8, 4) is 5.75 Å². The van der Waals surface area contributed by atoms with Crippen molar-refractivity contribution in [1.82, 2.24) is 5.32 Å². The first-order chi connectivity index (χ1) is 11.5. The molecule has 0 spiro atoms. The molecule has 0 aromatic heterocycles. The molecule has 0 radical (unpaired) electrons. The Morgan fingerprint density at radius 2 is 2.08 bits per heavy atom. The number of fused-ring (bicyclic) bond motifs is 1. The smallest absolute Gasteiger partial charge is 0.253 e. The summed E-state index contributed by atoms with van der Waals surface area (Å²) in [4.78, 5) is 12.2. The lowest BCUT2D eigenvalue weighted by atomic mass is 9.83. The summed E-state index contributed by atoms with van der Waals surface area (Å²) >= 11 is 5.89. The van der Waals surface area contributed by atoms with Crippen LogP contribution in [-0.4, -0.2) is 22.7 Å². The van der Waals surface area contributed by atoms with Crippen LogP contribution in [0, 0.1) is 5.92 Å². The van der Waals surface area contributed by atoms with Gasteiger partial charge in [-0.1, -0.05) is 35.9 Å². The van der Waals surface area contributed by atoms with Gasteiger partial charge in [0.15, 0.2) is 6.10 Å². The maximum atomic E-state index is 12.2. The highest BCUT2D eigenvalue weighted by Gasteiger charge is 2.23. The lowest BCUT2D eigenvalue weighted by Gasteiger charge is -2.25. The summed E-state index contributed by atoms with van der Waals surface area (Å²) < 4.78 is 0. The fourth-order valence-electron chi connectivity index (χ4n) is 3.19. The summed E-state index contributed by atoms with van der Waals surface area (Å²) in [6.07, 6.45) is 1.34. The van der Waals surface area contributed by atoms with Crippen molar-refractivity contribution in [2.75, 3.05) is 6.54 Å². The maximum absolute atomic E-state index is 12.2. The van der Waals surface area contributed by atoms with Crippen molar-refractivity contribution in [2.24, 2.45) is 5.92 Å². The van der Waals surface area contributed by atoms with Gasteiger partial charge in [0, 0.05) is 11.6 Å². The van der Waals surface area contributed by atoms with Crippen molar-refractivity contribution in [1.29, 1.82) is 0 Å². The van der Waals surface area contributed by atoms with Crippen LogP contribution in [0.1, 0.15) is 29.2 Å². The number of halogens is 1. The number of rotatable bonds is 4. The van der Waals surface area contributed by atoms with Gasteiger partial charge < -0.3 is 15.5 Å². The number of nitrogens with one attached hydrogen (secondary N) is 1. The van der Waals surface area contributed by atoms with Crippen LogP contribution in [-0.2, 0) is 17.6 Å². The van der Waals surface area contributed by atoms with E-state index >= 15 is 0 Å². The van der Waals surface area contributed by atoms with E-state index in [4.69, 9.17) is 11.6 Å². The van der Waals surface area contributed by atoms with Crippen LogP contribution in [0.3, 0.4) is 0 Å². The van der Waals surface area contributed by atoms with Gasteiger partial charge in [-0.25, -0.2) is 0 Å². The third-order valence-electron chi connectivity index (χ3n) is 4.54. The van der Waals surface area contributed by atoms with Crippen LogP contribution in [0.2, 0.25) is 5.02 Å². The van der Waals surface area contributed by atoms with Crippen LogP contribution in [0.5, 0.6) is 5.75 Å². The van der Waals surface area contributed by atoms with Crippen LogP contribution in [0.4, 0.5) is 0 Å². The fourth-order valence-corrected chi connectivity index (χ4v) is 3.38. The van der Waals surface area contributed by atoms with Crippen LogP contribution >= 0.6 is 11.6 Å². The molecule has 2 unspecified atom stereocenters. The van der Waals surface area contributed by atoms with Gasteiger partial charge >= 0.3 is 0 Å². The average Bonchev–Trinajstić information content (AvgIpc) is 2.59. The van der Waals surface area contributed by atoms with Crippen LogP contribution in [0.15, 0.2) is 42.5 Å². The van der Waals surface area contributed by atoms with Crippen molar-refractivity contribution >= 4 is 17.5 Å². The van der Waals surface area contributed by atoms with E-state index in [2.05, 4.69) is 5.32 Å². The Morgan fingerprint density at radius 1 is 1.29 bits per heavy atom. The van der Waals surface area contributed by atoms with Crippen LogP contribution < -0.4 is 5.32 Å². The number of phenols is 1. The molecule has 1 amide bonds. The van der Waals surface area contributed by atoms with Gasteiger partial charge in [-0.2, -0.15) is 0 Å². The summed E-state index contributed by atoms with van der Waals surface area (Å²) in [5.41, 5.74) is 2.63. The number of carbonyl (C=O) groups excluding carboxylic acids is 1. The third-order valence-corrected chi connectivity index (χ3v) is 4.78. The van der Waals surface area contributed by atoms with Crippen molar-refractivity contribution < 1.29 is 15.0 Å². The lowest BCUT2D eigenvalue weighted by Crippen LogP contribution is -2.35. The van der Waals surface area contributed by atoms with Gasteiger partial charge in [-0.3, -0.25) is 4.79 Å². The summed E-state index contributed by atoms with van der Waals surface area (Å²) in [7, 11) is 0. The normalized spacial score (nSPS) is 17.8. The zero-order valence-electron chi connectivity index (χ0n) is 13.2. The Kier molecular flexibility index (Phi) is 5.07. The number of hydrogen-bond acceptors (Lipinski definition) is 3. The number of amides is 1. The quantitative estimate of drug-likeness (QED) is 0.797. The van der Waals surface area contributed by atoms with Gasteiger partial charge in [0.05, 0.1) is 0 Å². The van der Waals surface area contributed by atoms with E-state index in [0.717, 1.165) is 24.8 Å². The highest BCUT2D eigenvalue weighted by Crippen LogP contribution is 2.31. The molecule has 0 saturated carbocycles. The number of aromatic hydroxyl groups is 1. The zero-order valence-corrected chi connectivity index (χ0v) is 14.0. The number of aryl methyl sites for hydroxylation is 1. The van der Waals surface area contributed by atoms with E-state index in [1.54, 1.807) is 30.3 Å². The first-order valence-corrected chi connectivity index (χ1v) is 8.43. The molecule has 0 saturated heterocycles. The van der Waals surface area contributed by atoms with Crippen LogP contribution in [0.25, 0.3) is 0 Å². The van der Waals surface area contributed by atoms with Gasteiger partial charge in [-0.05, 0) is 60.1 Å². The van der Waals surface area contributed by atoms with Crippen molar-refractivity contribution in [2.45, 2.75) is 25.4 Å². The van der Waals surface area contributed by atoms with Crippen molar-refractivity contribution in [3.63, 3.8) is 0 Å². The number of phenolic OH excluding ortho intramolecular Hbond substituents is 1. The lowest BCUT2D eigenvalue weighted by molar-refractivity contribution is -0.129. The molecule has 24 heavy (non-hydrogen) atoms. The van der Waals surface area contributed by atoms with E-state index in [-0.39, 0.29) is 5.92 Å². The predicted molar refractivity (Wildman–Crippen MR) is 93.0 cm³/mol. The number of aliphatic hydroxyl groups excluding tert-OH is 1. The minimum Gasteiger partial charge on any atom is -0.508 e. The maximum Gasteiger partial charge on any atom is 0.253 e. The Bertz CT molecular complexity index is 747. The molecule has 4 nitrogen and oxygen atoms in total. The minimum absolute atomic E-state index is 0.251. The Hall–Kier alpha value is -2.04. The standard InChI is InChI=1S/C19H20ClNO3/c20-15-5-1-4-14(10-15)18(23)19(24)21-11-12-7-8-13-3-2-6-17(22)16(13)9-12/h1-6,10,12,18,22-23H,7-9,11H2,(H,21,24). The first-order valence-electron chi connectivity index (χ1n) is 8.05. The SMILES string of the molecule is O=C(NCC1CCc2cccc(O)c2C1)C(O)c1cccc(Cl)c1. The highest BCUT2D eigenvalue weighted by atomic mass is 35.5. The molecule has 0 heterocycles. The van der Waals surface area contributed by atoms with E-state index in [0.29, 0.717) is 22.9 Å². The Morgan fingerprint density at radius 3 is 2.88 bits per heavy atom. The molecule has 0 fully saturated rings. The molecule has 5 heteroatoms. The number of hydrogen-bond donors (Lipinski definition) is 3. The highest BCUT2D eigenvalue weighted by molar-refractivity contribution is 6.30. The predicted octanol–water partition coefficient (Wildman–Crippen LogP) is 3.00. The monoisotopic (exact) mass is 345 g/mol. The average molecular weight is 346 g/mol. The van der Waals surface area contributed by atoms with Gasteiger partial charge in [-0.15, -0.1) is 0 Å². The van der Waals surface area contributed by atoms with E-state index in [1.807, 2.05) is 12.1 Å². The first kappa shape index (κ1) is 16.8. The number of benzene rings is 2. The molecular formula is C19H20ClNO3. The second kappa shape index (κ2) is 7.24. The fraction of sp³-hybridized carbons (Fsp3) is 0.316. The molecule has 2 aromatic rings. The summed E-state index contributed by atoms with van der Waals surface area (Å²) in [6, 6.07) is 12.2. The zero-order chi connectivity index (χ0) is 17.1. The molecular weight excluding hydrogens is 326 g/mol. The molecule has 2 aromatic carbocycles. The molecule has 1 aliphatic rings. The van der Waals surface area contributed by atoms with E-state index in [1.165, 1.54) is 5.56 Å². The summed E-state index contributed by atoms with van der Waals surface area (Å²) in [6.45, 7) is 0.476. The largest absolute Gasteiger partial charge is 0.508 e.